The van der Waals surface area contributed by atoms with Crippen molar-refractivity contribution in [2.75, 3.05) is 5.32 Å². The van der Waals surface area contributed by atoms with Crippen LogP contribution in [0, 0.1) is 0 Å². The van der Waals surface area contributed by atoms with Crippen LogP contribution in [0.1, 0.15) is 22.2 Å². The molecule has 2 aromatic carbocycles. The van der Waals surface area contributed by atoms with Gasteiger partial charge in [0.25, 0.3) is 11.5 Å². The van der Waals surface area contributed by atoms with E-state index in [1.165, 1.54) is 37.4 Å². The molecule has 0 aliphatic heterocycles. The minimum atomic E-state index is -1.26. The molecule has 0 saturated carbocycles. The van der Waals surface area contributed by atoms with E-state index in [-0.39, 0.29) is 11.3 Å². The minimum Gasteiger partial charge on any atom is -0.442 e. The number of ether oxygens (including phenoxy) is 1. The summed E-state index contributed by atoms with van der Waals surface area (Å²) in [5.41, 5.74) is 0.323. The Morgan fingerprint density at radius 2 is 1.69 bits per heavy atom. The highest BCUT2D eigenvalue weighted by Gasteiger charge is 2.26. The van der Waals surface area contributed by atoms with Crippen molar-refractivity contribution in [1.29, 1.82) is 0 Å². The van der Waals surface area contributed by atoms with E-state index < -0.39 is 18.0 Å². The maximum Gasteiger partial charge on any atom is 0.359 e. The van der Waals surface area contributed by atoms with E-state index in [1.54, 1.807) is 30.3 Å². The maximum atomic E-state index is 12.9. The van der Waals surface area contributed by atoms with Crippen LogP contribution < -0.4 is 10.9 Å². The molecule has 1 amide bonds. The van der Waals surface area contributed by atoms with Crippen molar-refractivity contribution < 1.29 is 14.3 Å². The van der Waals surface area contributed by atoms with Crippen molar-refractivity contribution in [2.45, 2.75) is 6.10 Å². The van der Waals surface area contributed by atoms with E-state index >= 15 is 0 Å². The van der Waals surface area contributed by atoms with Gasteiger partial charge in [-0.2, -0.15) is 5.10 Å². The molecule has 0 radical (unpaired) electrons. The number of rotatable bonds is 5. The second-order valence-electron chi connectivity index (χ2n) is 6.02. The van der Waals surface area contributed by atoms with Crippen LogP contribution in [0.25, 0.3) is 0 Å². The molecule has 0 bridgehead atoms. The standard InChI is InChI=1S/C20H15Cl2N3O4/c1-25-17(26)8-7-16(24-25)20(28)29-18(12-5-3-2-4-6-12)19(27)23-15-10-13(21)9-14(22)11-15/h2-11,18H,1H3,(H,23,27). The summed E-state index contributed by atoms with van der Waals surface area (Å²) in [5, 5.41) is 7.17. The number of amides is 1. The van der Waals surface area contributed by atoms with Crippen molar-refractivity contribution >= 4 is 40.8 Å². The second-order valence-corrected chi connectivity index (χ2v) is 6.90. The number of hydrogen-bond acceptors (Lipinski definition) is 5. The molecule has 0 aliphatic carbocycles. The molecular formula is C20H15Cl2N3O4. The predicted molar refractivity (Wildman–Crippen MR) is 109 cm³/mol. The lowest BCUT2D eigenvalue weighted by Crippen LogP contribution is -2.27. The third-order valence-electron chi connectivity index (χ3n) is 3.87. The highest BCUT2D eigenvalue weighted by atomic mass is 35.5. The van der Waals surface area contributed by atoms with Crippen molar-refractivity contribution in [3.8, 4) is 0 Å². The Morgan fingerprint density at radius 3 is 2.31 bits per heavy atom. The highest BCUT2D eigenvalue weighted by Crippen LogP contribution is 2.25. The normalized spacial score (nSPS) is 11.6. The van der Waals surface area contributed by atoms with Crippen LogP contribution in [0.15, 0.2) is 65.5 Å². The van der Waals surface area contributed by atoms with Crippen molar-refractivity contribution in [3.05, 3.63) is 92.3 Å². The van der Waals surface area contributed by atoms with Crippen molar-refractivity contribution in [2.24, 2.45) is 7.05 Å². The largest absolute Gasteiger partial charge is 0.442 e. The number of nitrogens with zero attached hydrogens (tertiary/aromatic N) is 2. The lowest BCUT2D eigenvalue weighted by molar-refractivity contribution is -0.125. The quantitative estimate of drug-likeness (QED) is 0.622. The van der Waals surface area contributed by atoms with E-state index in [9.17, 15) is 14.4 Å². The molecule has 1 N–H and O–H groups in total. The SMILES string of the molecule is Cn1nc(C(=O)OC(C(=O)Nc2cc(Cl)cc(Cl)c2)c2ccccc2)ccc1=O. The summed E-state index contributed by atoms with van der Waals surface area (Å²) in [7, 11) is 1.41. The van der Waals surface area contributed by atoms with E-state index in [0.29, 0.717) is 21.3 Å². The highest BCUT2D eigenvalue weighted by molar-refractivity contribution is 6.35. The van der Waals surface area contributed by atoms with Gasteiger partial charge in [-0.1, -0.05) is 53.5 Å². The van der Waals surface area contributed by atoms with Gasteiger partial charge in [0, 0.05) is 34.4 Å². The zero-order chi connectivity index (χ0) is 21.0. The van der Waals surface area contributed by atoms with E-state index in [1.807, 2.05) is 0 Å². The Balaban J connectivity index is 1.88. The number of nitrogens with one attached hydrogen (secondary N) is 1. The fraction of sp³-hybridized carbons (Fsp3) is 0.100. The van der Waals surface area contributed by atoms with Gasteiger partial charge in [-0.15, -0.1) is 0 Å². The molecule has 1 atom stereocenters. The molecule has 29 heavy (non-hydrogen) atoms. The fourth-order valence-electron chi connectivity index (χ4n) is 2.51. The number of esters is 1. The van der Waals surface area contributed by atoms with Gasteiger partial charge in [-0.3, -0.25) is 9.59 Å². The zero-order valence-electron chi connectivity index (χ0n) is 15.1. The Labute approximate surface area is 175 Å². The first-order valence-electron chi connectivity index (χ1n) is 8.41. The van der Waals surface area contributed by atoms with Crippen LogP contribution >= 0.6 is 23.2 Å². The summed E-state index contributed by atoms with van der Waals surface area (Å²) in [5.74, 6) is -1.46. The summed E-state index contributed by atoms with van der Waals surface area (Å²) < 4.78 is 6.42. The van der Waals surface area contributed by atoms with E-state index in [0.717, 1.165) is 4.68 Å². The zero-order valence-corrected chi connectivity index (χ0v) is 16.6. The molecule has 0 aliphatic rings. The summed E-state index contributed by atoms with van der Waals surface area (Å²) in [6, 6.07) is 15.5. The van der Waals surface area contributed by atoms with Crippen LogP contribution in [0.3, 0.4) is 0 Å². The number of hydrogen-bond donors (Lipinski definition) is 1. The Morgan fingerprint density at radius 1 is 1.03 bits per heavy atom. The topological polar surface area (TPSA) is 90.3 Å². The number of aromatic nitrogens is 2. The van der Waals surface area contributed by atoms with Crippen LogP contribution in [-0.2, 0) is 16.6 Å². The molecule has 148 valence electrons. The van der Waals surface area contributed by atoms with Gasteiger partial charge in [-0.05, 0) is 24.3 Å². The minimum absolute atomic E-state index is 0.105. The fourth-order valence-corrected chi connectivity index (χ4v) is 3.04. The first kappa shape index (κ1) is 20.6. The molecule has 0 saturated heterocycles. The van der Waals surface area contributed by atoms with Crippen LogP contribution in [0.4, 0.5) is 5.69 Å². The Bertz CT molecular complexity index is 1100. The molecular weight excluding hydrogens is 417 g/mol. The van der Waals surface area contributed by atoms with Gasteiger partial charge in [0.1, 0.15) is 0 Å². The lowest BCUT2D eigenvalue weighted by Gasteiger charge is -2.18. The van der Waals surface area contributed by atoms with Gasteiger partial charge < -0.3 is 10.1 Å². The number of benzene rings is 2. The Kier molecular flexibility index (Phi) is 6.31. The molecule has 0 spiro atoms. The number of halogens is 2. The second kappa shape index (κ2) is 8.89. The first-order chi connectivity index (χ1) is 13.8. The van der Waals surface area contributed by atoms with Gasteiger partial charge in [0.15, 0.2) is 5.69 Å². The molecule has 0 fully saturated rings. The summed E-state index contributed by atoms with van der Waals surface area (Å²) in [6.45, 7) is 0. The van der Waals surface area contributed by atoms with Gasteiger partial charge in [-0.25, -0.2) is 9.48 Å². The lowest BCUT2D eigenvalue weighted by atomic mass is 10.1. The van der Waals surface area contributed by atoms with Crippen LogP contribution in [0.5, 0.6) is 0 Å². The average Bonchev–Trinajstić information content (AvgIpc) is 2.67. The molecule has 1 unspecified atom stereocenters. The predicted octanol–water partition coefficient (Wildman–Crippen LogP) is 3.62. The number of aryl methyl sites for hydroxylation is 1. The Hall–Kier alpha value is -3.16. The van der Waals surface area contributed by atoms with Crippen molar-refractivity contribution in [1.82, 2.24) is 9.78 Å². The van der Waals surface area contributed by atoms with Crippen LogP contribution in [0.2, 0.25) is 10.0 Å². The summed E-state index contributed by atoms with van der Waals surface area (Å²) >= 11 is 11.9. The molecule has 3 aromatic rings. The third-order valence-corrected chi connectivity index (χ3v) is 4.30. The van der Waals surface area contributed by atoms with Crippen LogP contribution in [-0.4, -0.2) is 21.7 Å². The van der Waals surface area contributed by atoms with Gasteiger partial charge in [0.2, 0.25) is 6.10 Å². The first-order valence-corrected chi connectivity index (χ1v) is 9.16. The van der Waals surface area contributed by atoms with Gasteiger partial charge in [0.05, 0.1) is 0 Å². The van der Waals surface area contributed by atoms with E-state index in [4.69, 9.17) is 27.9 Å². The van der Waals surface area contributed by atoms with Crippen molar-refractivity contribution in [3.63, 3.8) is 0 Å². The van der Waals surface area contributed by atoms with Gasteiger partial charge >= 0.3 is 5.97 Å². The molecule has 1 aromatic heterocycles. The smallest absolute Gasteiger partial charge is 0.359 e. The summed E-state index contributed by atoms with van der Waals surface area (Å²) in [4.78, 5) is 36.9. The monoisotopic (exact) mass is 431 g/mol. The maximum absolute atomic E-state index is 12.9. The number of carbonyl (C=O) groups is 2. The number of carbonyl (C=O) groups excluding carboxylic acids is 2. The average molecular weight is 432 g/mol. The third kappa shape index (κ3) is 5.22. The molecule has 3 rings (SSSR count). The molecule has 1 heterocycles. The molecule has 9 heteroatoms. The number of anilines is 1. The van der Waals surface area contributed by atoms with E-state index in [2.05, 4.69) is 10.4 Å². The molecule has 7 nitrogen and oxygen atoms in total. The summed E-state index contributed by atoms with van der Waals surface area (Å²) in [6.07, 6.45) is -1.26.